The normalized spacial score (nSPS) is 10.8. The molecule has 19 heavy (non-hydrogen) atoms. The summed E-state index contributed by atoms with van der Waals surface area (Å²) in [5.74, 6) is -0.250. The third-order valence-corrected chi connectivity index (χ3v) is 3.31. The third kappa shape index (κ3) is 3.66. The Kier molecular flexibility index (Phi) is 4.91. The van der Waals surface area contributed by atoms with Crippen molar-refractivity contribution in [3.63, 3.8) is 0 Å². The number of benzene rings is 2. The van der Waals surface area contributed by atoms with Gasteiger partial charge in [0.25, 0.3) is 10.1 Å². The van der Waals surface area contributed by atoms with E-state index >= 15 is 0 Å². The second-order valence-corrected chi connectivity index (χ2v) is 5.27. The molecule has 0 aliphatic rings. The van der Waals surface area contributed by atoms with Crippen molar-refractivity contribution < 1.29 is 17.8 Å². The summed E-state index contributed by atoms with van der Waals surface area (Å²) >= 11 is 0. The number of rotatable bonds is 2. The summed E-state index contributed by atoms with van der Waals surface area (Å²) in [6.07, 6.45) is 0. The Morgan fingerprint density at radius 2 is 1.89 bits per heavy atom. The van der Waals surface area contributed by atoms with Crippen LogP contribution in [0.15, 0.2) is 41.3 Å². The minimum absolute atomic E-state index is 0. The molecule has 7 heteroatoms. The molecule has 0 aliphatic heterocycles. The molecule has 0 bridgehead atoms. The van der Waals surface area contributed by atoms with Gasteiger partial charge in [-0.05, 0) is 23.6 Å². The van der Waals surface area contributed by atoms with E-state index in [1.807, 2.05) is 0 Å². The van der Waals surface area contributed by atoms with Gasteiger partial charge < -0.3 is 5.32 Å². The van der Waals surface area contributed by atoms with E-state index in [0.29, 0.717) is 11.1 Å². The monoisotopic (exact) mass is 289 g/mol. The van der Waals surface area contributed by atoms with E-state index in [-0.39, 0.29) is 33.9 Å². The minimum atomic E-state index is -4.25. The Bertz CT molecular complexity index is 728. The Morgan fingerprint density at radius 3 is 2.47 bits per heavy atom. The van der Waals surface area contributed by atoms with Gasteiger partial charge in [-0.25, -0.2) is 0 Å². The molecule has 0 saturated carbocycles. The van der Waals surface area contributed by atoms with Gasteiger partial charge in [0.15, 0.2) is 0 Å². The van der Waals surface area contributed by atoms with Crippen molar-refractivity contribution >= 4 is 55.5 Å². The second-order valence-electron chi connectivity index (χ2n) is 3.84. The summed E-state index contributed by atoms with van der Waals surface area (Å²) in [4.78, 5) is 10.9. The molecule has 0 heterocycles. The smallest absolute Gasteiger partial charge is 0.326 e. The summed E-state index contributed by atoms with van der Waals surface area (Å²) in [5.41, 5.74) is 0.505. The van der Waals surface area contributed by atoms with Gasteiger partial charge in [0.2, 0.25) is 5.91 Å². The molecule has 0 saturated heterocycles. The summed E-state index contributed by atoms with van der Waals surface area (Å²) in [6, 6.07) is 9.42. The largest absolute Gasteiger partial charge is 2.00 e. The predicted molar refractivity (Wildman–Crippen MR) is 73.8 cm³/mol. The molecule has 2 N–H and O–H groups in total. The number of nitrogens with one attached hydrogen (secondary N) is 1. The summed E-state index contributed by atoms with van der Waals surface area (Å²) in [6.45, 7) is 1.37. The van der Waals surface area contributed by atoms with Crippen LogP contribution >= 0.6 is 0 Å². The van der Waals surface area contributed by atoms with Gasteiger partial charge in [-0.2, -0.15) is 8.42 Å². The van der Waals surface area contributed by atoms with Crippen LogP contribution in [-0.4, -0.2) is 41.9 Å². The maximum Gasteiger partial charge on any atom is 2.00 e. The molecule has 2 aromatic carbocycles. The molecule has 0 atom stereocenters. The molecule has 0 spiro atoms. The van der Waals surface area contributed by atoms with E-state index in [9.17, 15) is 13.2 Å². The van der Waals surface area contributed by atoms with Crippen LogP contribution < -0.4 is 5.32 Å². The van der Waals surface area contributed by atoms with Crippen LogP contribution in [0.2, 0.25) is 0 Å². The molecular weight excluding hydrogens is 279 g/mol. The number of hydrogen-bond acceptors (Lipinski definition) is 3. The standard InChI is InChI=1S/C12H11NO4S.Mg/c1-8(14)13-12-4-2-3-9-5-6-10(7-11(9)12)18(15,16)17;/h2-7H,1H3,(H,13,14)(H,15,16,17);/q;+2. The first-order chi connectivity index (χ1) is 8.38. The molecule has 2 rings (SSSR count). The fraction of sp³-hybridized carbons (Fsp3) is 0.0833. The van der Waals surface area contributed by atoms with Gasteiger partial charge in [-0.1, -0.05) is 18.2 Å². The van der Waals surface area contributed by atoms with Crippen molar-refractivity contribution in [1.29, 1.82) is 0 Å². The third-order valence-electron chi connectivity index (χ3n) is 2.46. The van der Waals surface area contributed by atoms with Crippen LogP contribution in [-0.2, 0) is 14.9 Å². The zero-order valence-corrected chi connectivity index (χ0v) is 12.5. The molecular formula is C12H11MgNO4S+2. The Morgan fingerprint density at radius 1 is 1.21 bits per heavy atom. The number of anilines is 1. The summed E-state index contributed by atoms with van der Waals surface area (Å²) in [5, 5.41) is 3.94. The molecule has 0 radical (unpaired) electrons. The molecule has 1 amide bonds. The van der Waals surface area contributed by atoms with E-state index in [1.165, 1.54) is 19.1 Å². The zero-order chi connectivity index (χ0) is 13.3. The van der Waals surface area contributed by atoms with Gasteiger partial charge >= 0.3 is 23.1 Å². The molecule has 0 aliphatic carbocycles. The number of carbonyl (C=O) groups excluding carboxylic acids is 1. The maximum atomic E-state index is 11.1. The van der Waals surface area contributed by atoms with Crippen molar-refractivity contribution in [3.8, 4) is 0 Å². The summed E-state index contributed by atoms with van der Waals surface area (Å²) < 4.78 is 31.2. The van der Waals surface area contributed by atoms with Gasteiger partial charge in [0.05, 0.1) is 4.90 Å². The van der Waals surface area contributed by atoms with Crippen molar-refractivity contribution in [2.24, 2.45) is 0 Å². The van der Waals surface area contributed by atoms with E-state index in [2.05, 4.69) is 5.32 Å². The van der Waals surface area contributed by atoms with Crippen molar-refractivity contribution in [1.82, 2.24) is 0 Å². The van der Waals surface area contributed by atoms with E-state index in [4.69, 9.17) is 4.55 Å². The quantitative estimate of drug-likeness (QED) is 0.650. The fourth-order valence-corrected chi connectivity index (χ4v) is 2.22. The number of hydrogen-bond donors (Lipinski definition) is 2. The number of carbonyl (C=O) groups is 1. The first kappa shape index (κ1) is 15.9. The molecule has 0 fully saturated rings. The average Bonchev–Trinajstić information content (AvgIpc) is 2.27. The van der Waals surface area contributed by atoms with Crippen LogP contribution in [0, 0.1) is 0 Å². The molecule has 2 aromatic rings. The van der Waals surface area contributed by atoms with Crippen molar-refractivity contribution in [3.05, 3.63) is 36.4 Å². The average molecular weight is 290 g/mol. The predicted octanol–water partition coefficient (Wildman–Crippen LogP) is 1.66. The van der Waals surface area contributed by atoms with E-state index in [1.54, 1.807) is 24.3 Å². The van der Waals surface area contributed by atoms with Crippen LogP contribution in [0.25, 0.3) is 10.8 Å². The zero-order valence-electron chi connectivity index (χ0n) is 10.3. The second kappa shape index (κ2) is 5.87. The van der Waals surface area contributed by atoms with Crippen molar-refractivity contribution in [2.45, 2.75) is 11.8 Å². The first-order valence-corrected chi connectivity index (χ1v) is 6.60. The summed E-state index contributed by atoms with van der Waals surface area (Å²) in [7, 11) is -4.25. The van der Waals surface area contributed by atoms with E-state index < -0.39 is 10.1 Å². The van der Waals surface area contributed by atoms with Crippen LogP contribution in [0.5, 0.6) is 0 Å². The Labute approximate surface area is 126 Å². The number of fused-ring (bicyclic) bond motifs is 1. The topological polar surface area (TPSA) is 83.5 Å². The maximum absolute atomic E-state index is 11.1. The van der Waals surface area contributed by atoms with E-state index in [0.717, 1.165) is 5.39 Å². The van der Waals surface area contributed by atoms with Crippen molar-refractivity contribution in [2.75, 3.05) is 5.32 Å². The Balaban J connectivity index is 0.00000180. The fourth-order valence-electron chi connectivity index (χ4n) is 1.71. The molecule has 0 unspecified atom stereocenters. The molecule has 94 valence electrons. The molecule has 0 aromatic heterocycles. The minimum Gasteiger partial charge on any atom is -0.326 e. The van der Waals surface area contributed by atoms with Gasteiger partial charge in [0.1, 0.15) is 0 Å². The van der Waals surface area contributed by atoms with Gasteiger partial charge in [0, 0.05) is 18.0 Å². The van der Waals surface area contributed by atoms with Gasteiger partial charge in [-0.3, -0.25) is 9.35 Å². The molecule has 5 nitrogen and oxygen atoms in total. The van der Waals surface area contributed by atoms with Crippen LogP contribution in [0.4, 0.5) is 5.69 Å². The number of amides is 1. The first-order valence-electron chi connectivity index (χ1n) is 5.16. The van der Waals surface area contributed by atoms with Crippen LogP contribution in [0.3, 0.4) is 0 Å². The SMILES string of the molecule is CC(=O)Nc1cccc2ccc(S(=O)(=O)O)cc12.[Mg+2]. The Hall–Kier alpha value is -1.15. The van der Waals surface area contributed by atoms with Crippen LogP contribution in [0.1, 0.15) is 6.92 Å². The van der Waals surface area contributed by atoms with Gasteiger partial charge in [-0.15, -0.1) is 0 Å².